The Morgan fingerprint density at radius 1 is 1.32 bits per heavy atom. The molecule has 2 rings (SSSR count). The number of likely N-dealkylation sites (tertiary alicyclic amines) is 1. The Morgan fingerprint density at radius 3 is 2.37 bits per heavy atom. The lowest BCUT2D eigenvalue weighted by Crippen LogP contribution is -2.41. The Kier molecular flexibility index (Phi) is 3.80. The molecule has 2 aliphatic heterocycles. The molecule has 0 spiro atoms. The van der Waals surface area contributed by atoms with Crippen LogP contribution in [0.5, 0.6) is 0 Å². The van der Waals surface area contributed by atoms with E-state index in [0.29, 0.717) is 6.04 Å². The molecular weight excluding hydrogens is 240 g/mol. The van der Waals surface area contributed by atoms with E-state index in [1.54, 1.807) is 0 Å². The highest BCUT2D eigenvalue weighted by Gasteiger charge is 2.53. The van der Waals surface area contributed by atoms with E-state index in [1.165, 1.54) is 6.42 Å². The van der Waals surface area contributed by atoms with Gasteiger partial charge in [0.2, 0.25) is 0 Å². The molecule has 2 heterocycles. The van der Waals surface area contributed by atoms with Crippen LogP contribution in [0.2, 0.25) is 0 Å². The average molecular weight is 268 g/mol. The Labute approximate surface area is 117 Å². The summed E-state index contributed by atoms with van der Waals surface area (Å²) >= 11 is 0. The molecule has 0 aromatic heterocycles. The summed E-state index contributed by atoms with van der Waals surface area (Å²) in [5.41, 5.74) is -0.981. The molecule has 2 aliphatic rings. The zero-order chi connectivity index (χ0) is 14.4. The van der Waals surface area contributed by atoms with Crippen LogP contribution < -0.4 is 0 Å². The van der Waals surface area contributed by atoms with Crippen molar-refractivity contribution in [1.29, 1.82) is 0 Å². The van der Waals surface area contributed by atoms with E-state index < -0.39 is 5.60 Å². The van der Waals surface area contributed by atoms with E-state index in [-0.39, 0.29) is 17.3 Å². The molecule has 0 bridgehead atoms. The van der Waals surface area contributed by atoms with Gasteiger partial charge in [-0.3, -0.25) is 4.79 Å². The standard InChI is InChI=1S/C15H28N2O2/c1-14(2)12(13(18)15(3,4)19-14)10-17-8-7-11(9-17)16(5)6/h11-12H,7-10H2,1-6H3. The van der Waals surface area contributed by atoms with Gasteiger partial charge in [0.15, 0.2) is 5.78 Å². The van der Waals surface area contributed by atoms with Crippen LogP contribution in [-0.2, 0) is 9.53 Å². The second-order valence-electron chi connectivity index (χ2n) is 7.30. The first-order valence-electron chi connectivity index (χ1n) is 7.27. The second kappa shape index (κ2) is 4.83. The van der Waals surface area contributed by atoms with Crippen LogP contribution in [0.1, 0.15) is 34.1 Å². The molecule has 2 unspecified atom stereocenters. The van der Waals surface area contributed by atoms with Crippen LogP contribution in [0.25, 0.3) is 0 Å². The number of carbonyl (C=O) groups excluding carboxylic acids is 1. The first kappa shape index (κ1) is 14.9. The summed E-state index contributed by atoms with van der Waals surface area (Å²) in [6.45, 7) is 10.9. The van der Waals surface area contributed by atoms with E-state index in [1.807, 2.05) is 27.7 Å². The zero-order valence-corrected chi connectivity index (χ0v) is 13.2. The van der Waals surface area contributed by atoms with Crippen molar-refractivity contribution in [3.63, 3.8) is 0 Å². The lowest BCUT2D eigenvalue weighted by Gasteiger charge is -2.29. The van der Waals surface area contributed by atoms with Crippen molar-refractivity contribution in [2.24, 2.45) is 5.92 Å². The lowest BCUT2D eigenvalue weighted by atomic mass is 9.85. The number of rotatable bonds is 3. The number of likely N-dealkylation sites (N-methyl/N-ethyl adjacent to an activating group) is 1. The highest BCUT2D eigenvalue weighted by atomic mass is 16.5. The predicted molar refractivity (Wildman–Crippen MR) is 76.3 cm³/mol. The fraction of sp³-hybridized carbons (Fsp3) is 0.933. The summed E-state index contributed by atoms with van der Waals surface area (Å²) in [6, 6.07) is 0.619. The molecule has 19 heavy (non-hydrogen) atoms. The van der Waals surface area contributed by atoms with Crippen molar-refractivity contribution >= 4 is 5.78 Å². The number of hydrogen-bond acceptors (Lipinski definition) is 4. The van der Waals surface area contributed by atoms with E-state index in [9.17, 15) is 4.79 Å². The summed E-state index contributed by atoms with van der Waals surface area (Å²) in [5.74, 6) is 0.245. The van der Waals surface area contributed by atoms with Gasteiger partial charge in [-0.15, -0.1) is 0 Å². The number of carbonyl (C=O) groups is 1. The third-order valence-corrected chi connectivity index (χ3v) is 4.69. The van der Waals surface area contributed by atoms with Crippen molar-refractivity contribution in [2.45, 2.75) is 51.4 Å². The maximum Gasteiger partial charge on any atom is 0.171 e. The summed E-state index contributed by atoms with van der Waals surface area (Å²) < 4.78 is 5.96. The van der Waals surface area contributed by atoms with Gasteiger partial charge in [0.05, 0.1) is 11.5 Å². The number of Topliss-reactive ketones (excluding diaryl/α,β-unsaturated/α-hetero) is 1. The average Bonchev–Trinajstić information content (AvgIpc) is 2.76. The molecule has 2 saturated heterocycles. The van der Waals surface area contributed by atoms with Crippen LogP contribution in [0, 0.1) is 5.92 Å². The first-order valence-corrected chi connectivity index (χ1v) is 7.27. The Balaban J connectivity index is 2.02. The predicted octanol–water partition coefficient (Wildman–Crippen LogP) is 1.39. The third-order valence-electron chi connectivity index (χ3n) is 4.69. The number of ether oxygens (including phenoxy) is 1. The lowest BCUT2D eigenvalue weighted by molar-refractivity contribution is -0.132. The number of ketones is 1. The van der Waals surface area contributed by atoms with Crippen molar-refractivity contribution in [3.05, 3.63) is 0 Å². The molecule has 0 N–H and O–H groups in total. The second-order valence-corrected chi connectivity index (χ2v) is 7.30. The number of nitrogens with zero attached hydrogens (tertiary/aromatic N) is 2. The van der Waals surface area contributed by atoms with Crippen LogP contribution in [-0.4, -0.2) is 66.6 Å². The fourth-order valence-electron chi connectivity index (χ4n) is 3.47. The van der Waals surface area contributed by atoms with Gasteiger partial charge in [0, 0.05) is 19.1 Å². The topological polar surface area (TPSA) is 32.8 Å². The minimum absolute atomic E-state index is 0.0107. The molecule has 4 heteroatoms. The number of hydrogen-bond donors (Lipinski definition) is 0. The summed E-state index contributed by atoms with van der Waals surface area (Å²) in [7, 11) is 4.26. The van der Waals surface area contributed by atoms with Gasteiger partial charge in [0.25, 0.3) is 0 Å². The van der Waals surface area contributed by atoms with Crippen LogP contribution in [0.4, 0.5) is 0 Å². The van der Waals surface area contributed by atoms with E-state index in [2.05, 4.69) is 23.9 Å². The van der Waals surface area contributed by atoms with E-state index >= 15 is 0 Å². The molecule has 0 aliphatic carbocycles. The third kappa shape index (κ3) is 2.86. The molecule has 2 fully saturated rings. The molecule has 0 radical (unpaired) electrons. The van der Waals surface area contributed by atoms with Gasteiger partial charge in [-0.2, -0.15) is 0 Å². The Bertz CT molecular complexity index is 363. The largest absolute Gasteiger partial charge is 0.361 e. The quantitative estimate of drug-likeness (QED) is 0.774. The van der Waals surface area contributed by atoms with Crippen molar-refractivity contribution in [1.82, 2.24) is 9.80 Å². The van der Waals surface area contributed by atoms with Crippen molar-refractivity contribution in [2.75, 3.05) is 33.7 Å². The van der Waals surface area contributed by atoms with Crippen LogP contribution in [0.15, 0.2) is 0 Å². The van der Waals surface area contributed by atoms with E-state index in [4.69, 9.17) is 4.74 Å². The smallest absolute Gasteiger partial charge is 0.171 e. The van der Waals surface area contributed by atoms with Gasteiger partial charge in [-0.05, 0) is 54.8 Å². The zero-order valence-electron chi connectivity index (χ0n) is 13.2. The van der Waals surface area contributed by atoms with Gasteiger partial charge in [0.1, 0.15) is 5.60 Å². The maximum absolute atomic E-state index is 12.5. The minimum atomic E-state index is -0.630. The molecule has 0 aromatic carbocycles. The summed E-state index contributed by atoms with van der Waals surface area (Å²) in [4.78, 5) is 17.2. The van der Waals surface area contributed by atoms with Gasteiger partial charge < -0.3 is 14.5 Å². The highest BCUT2D eigenvalue weighted by Crippen LogP contribution is 2.39. The Morgan fingerprint density at radius 2 is 1.95 bits per heavy atom. The van der Waals surface area contributed by atoms with Crippen LogP contribution in [0.3, 0.4) is 0 Å². The van der Waals surface area contributed by atoms with Gasteiger partial charge >= 0.3 is 0 Å². The maximum atomic E-state index is 12.5. The molecule has 110 valence electrons. The molecule has 0 amide bonds. The molecule has 0 saturated carbocycles. The molecular formula is C15H28N2O2. The fourth-order valence-corrected chi connectivity index (χ4v) is 3.47. The summed E-state index contributed by atoms with van der Waals surface area (Å²) in [6.07, 6.45) is 1.19. The Hall–Kier alpha value is -0.450. The molecule has 0 aromatic rings. The van der Waals surface area contributed by atoms with Crippen LogP contribution >= 0.6 is 0 Å². The summed E-state index contributed by atoms with van der Waals surface area (Å²) in [5, 5.41) is 0. The van der Waals surface area contributed by atoms with Crippen molar-refractivity contribution < 1.29 is 9.53 Å². The minimum Gasteiger partial charge on any atom is -0.361 e. The van der Waals surface area contributed by atoms with Gasteiger partial charge in [-0.1, -0.05) is 0 Å². The highest BCUT2D eigenvalue weighted by molar-refractivity contribution is 5.91. The molecule has 4 nitrogen and oxygen atoms in total. The van der Waals surface area contributed by atoms with Crippen molar-refractivity contribution in [3.8, 4) is 0 Å². The monoisotopic (exact) mass is 268 g/mol. The first-order chi connectivity index (χ1) is 8.63. The van der Waals surface area contributed by atoms with E-state index in [0.717, 1.165) is 19.6 Å². The SMILES string of the molecule is CN(C)C1CCN(CC2C(=O)C(C)(C)OC2(C)C)C1. The molecule has 2 atom stereocenters. The normalized spacial score (nSPS) is 34.4. The van der Waals surface area contributed by atoms with Gasteiger partial charge in [-0.25, -0.2) is 0 Å².